The second-order valence-corrected chi connectivity index (χ2v) is 2.74. The molecule has 0 aromatic heterocycles. The van der Waals surface area contributed by atoms with Crippen LogP contribution in [0.15, 0.2) is 36.9 Å². The Hall–Kier alpha value is -1.48. The lowest BCUT2D eigenvalue weighted by Crippen LogP contribution is -2.09. The number of Topliss-reactive ketones (excluding diaryl/α,β-unsaturated/α-hetero) is 1. The van der Waals surface area contributed by atoms with Gasteiger partial charge in [0.25, 0.3) is 0 Å². The summed E-state index contributed by atoms with van der Waals surface area (Å²) in [6.45, 7) is 3.72. The molecule has 0 saturated carbocycles. The van der Waals surface area contributed by atoms with Crippen molar-refractivity contribution in [3.05, 3.63) is 48.3 Å². The van der Waals surface area contributed by atoms with Gasteiger partial charge in [-0.1, -0.05) is 18.2 Å². The predicted octanol–water partition coefficient (Wildman–Crippen LogP) is 2.21. The molecule has 3 heteroatoms. The first-order valence-electron chi connectivity index (χ1n) is 4.21. The fourth-order valence-electron chi connectivity index (χ4n) is 0.980. The largest absolute Gasteiger partial charge is 0.369 e. The van der Waals surface area contributed by atoms with Gasteiger partial charge in [0.15, 0.2) is 5.78 Å². The molecule has 2 nitrogen and oxygen atoms in total. The van der Waals surface area contributed by atoms with Crippen LogP contribution in [0.1, 0.15) is 10.4 Å². The number of ether oxygens (including phenoxy) is 1. The van der Waals surface area contributed by atoms with Gasteiger partial charge in [0.05, 0.1) is 6.61 Å². The molecule has 0 aliphatic rings. The molecule has 0 unspecified atom stereocenters. The van der Waals surface area contributed by atoms with Crippen LogP contribution in [0.5, 0.6) is 0 Å². The third kappa shape index (κ3) is 3.11. The van der Waals surface area contributed by atoms with Crippen LogP contribution in [0.4, 0.5) is 4.39 Å². The van der Waals surface area contributed by atoms with Crippen LogP contribution >= 0.6 is 0 Å². The van der Waals surface area contributed by atoms with Crippen molar-refractivity contribution >= 4 is 5.78 Å². The number of rotatable bonds is 5. The minimum absolute atomic E-state index is 0.0462. The number of ketones is 1. The molecule has 0 atom stereocenters. The van der Waals surface area contributed by atoms with Crippen molar-refractivity contribution in [2.75, 3.05) is 13.2 Å². The normalized spacial score (nSPS) is 9.79. The Kier molecular flexibility index (Phi) is 4.01. The molecule has 0 saturated heterocycles. The highest BCUT2D eigenvalue weighted by molar-refractivity contribution is 5.97. The van der Waals surface area contributed by atoms with Gasteiger partial charge in [-0.2, -0.15) is 0 Å². The van der Waals surface area contributed by atoms with Crippen LogP contribution in [0.2, 0.25) is 0 Å². The Balaban J connectivity index is 2.56. The summed E-state index contributed by atoms with van der Waals surface area (Å²) in [7, 11) is 0. The molecular formula is C11H11FO2. The van der Waals surface area contributed by atoms with Gasteiger partial charge >= 0.3 is 0 Å². The van der Waals surface area contributed by atoms with E-state index in [0.717, 1.165) is 0 Å². The van der Waals surface area contributed by atoms with Crippen molar-refractivity contribution in [3.63, 3.8) is 0 Å². The molecular weight excluding hydrogens is 183 g/mol. The van der Waals surface area contributed by atoms with Crippen LogP contribution in [-0.4, -0.2) is 19.0 Å². The predicted molar refractivity (Wildman–Crippen MR) is 51.7 cm³/mol. The Morgan fingerprint density at radius 2 is 2.36 bits per heavy atom. The number of benzene rings is 1. The molecule has 0 aliphatic carbocycles. The molecule has 0 aliphatic heterocycles. The van der Waals surface area contributed by atoms with Gasteiger partial charge in [0.1, 0.15) is 12.4 Å². The van der Waals surface area contributed by atoms with E-state index in [-0.39, 0.29) is 12.4 Å². The SMILES string of the molecule is C=CCOCC(=O)c1cccc(F)c1. The first-order chi connectivity index (χ1) is 6.74. The molecule has 0 N–H and O–H groups in total. The lowest BCUT2D eigenvalue weighted by atomic mass is 10.1. The summed E-state index contributed by atoms with van der Waals surface area (Å²) in [6.07, 6.45) is 1.55. The molecule has 1 rings (SSSR count). The quantitative estimate of drug-likeness (QED) is 0.408. The van der Waals surface area contributed by atoms with E-state index in [4.69, 9.17) is 4.74 Å². The summed E-state index contributed by atoms with van der Waals surface area (Å²) < 4.78 is 17.7. The van der Waals surface area contributed by atoms with E-state index in [1.165, 1.54) is 18.2 Å². The monoisotopic (exact) mass is 194 g/mol. The highest BCUT2D eigenvalue weighted by Crippen LogP contribution is 2.04. The Morgan fingerprint density at radius 3 is 3.00 bits per heavy atom. The first-order valence-corrected chi connectivity index (χ1v) is 4.21. The second-order valence-electron chi connectivity index (χ2n) is 2.74. The number of halogens is 1. The lowest BCUT2D eigenvalue weighted by Gasteiger charge is -2.00. The van der Waals surface area contributed by atoms with E-state index >= 15 is 0 Å². The average molecular weight is 194 g/mol. The zero-order valence-electron chi connectivity index (χ0n) is 7.70. The van der Waals surface area contributed by atoms with Crippen molar-refractivity contribution < 1.29 is 13.9 Å². The third-order valence-electron chi connectivity index (χ3n) is 1.62. The number of hydrogen-bond donors (Lipinski definition) is 0. The number of carbonyl (C=O) groups is 1. The zero-order chi connectivity index (χ0) is 10.4. The van der Waals surface area contributed by atoms with Crippen molar-refractivity contribution in [2.24, 2.45) is 0 Å². The average Bonchev–Trinajstić information content (AvgIpc) is 2.18. The zero-order valence-corrected chi connectivity index (χ0v) is 7.70. The lowest BCUT2D eigenvalue weighted by molar-refractivity contribution is 0.0806. The van der Waals surface area contributed by atoms with Crippen LogP contribution in [0.3, 0.4) is 0 Å². The van der Waals surface area contributed by atoms with Gasteiger partial charge in [0.2, 0.25) is 0 Å². The van der Waals surface area contributed by atoms with Crippen LogP contribution in [-0.2, 0) is 4.74 Å². The highest BCUT2D eigenvalue weighted by Gasteiger charge is 2.05. The van der Waals surface area contributed by atoms with Gasteiger partial charge in [-0.25, -0.2) is 4.39 Å². The van der Waals surface area contributed by atoms with Crippen LogP contribution in [0, 0.1) is 5.82 Å². The summed E-state index contributed by atoms with van der Waals surface area (Å²) in [4.78, 5) is 11.3. The van der Waals surface area contributed by atoms with E-state index in [1.54, 1.807) is 12.1 Å². The molecule has 14 heavy (non-hydrogen) atoms. The Labute approximate surface area is 82.0 Å². The fraction of sp³-hybridized carbons (Fsp3) is 0.182. The van der Waals surface area contributed by atoms with E-state index in [0.29, 0.717) is 12.2 Å². The third-order valence-corrected chi connectivity index (χ3v) is 1.62. The maximum Gasteiger partial charge on any atom is 0.188 e. The summed E-state index contributed by atoms with van der Waals surface area (Å²) >= 11 is 0. The molecule has 1 aromatic carbocycles. The van der Waals surface area contributed by atoms with Crippen molar-refractivity contribution in [2.45, 2.75) is 0 Å². The second kappa shape index (κ2) is 5.29. The molecule has 0 fully saturated rings. The summed E-state index contributed by atoms with van der Waals surface area (Å²) in [5.74, 6) is -0.647. The molecule has 0 spiro atoms. The van der Waals surface area contributed by atoms with Crippen molar-refractivity contribution in [1.29, 1.82) is 0 Å². The first kappa shape index (κ1) is 10.6. The Bertz CT molecular complexity index is 334. The summed E-state index contributed by atoms with van der Waals surface area (Å²) in [5.41, 5.74) is 0.328. The van der Waals surface area contributed by atoms with E-state index in [9.17, 15) is 9.18 Å². The standard InChI is InChI=1S/C11H11FO2/c1-2-6-14-8-11(13)9-4-3-5-10(12)7-9/h2-5,7H,1,6,8H2. The maximum atomic E-state index is 12.7. The topological polar surface area (TPSA) is 26.3 Å². The number of hydrogen-bond acceptors (Lipinski definition) is 2. The molecule has 74 valence electrons. The summed E-state index contributed by atoms with van der Waals surface area (Å²) in [6, 6.07) is 5.54. The molecule has 0 radical (unpaired) electrons. The van der Waals surface area contributed by atoms with E-state index < -0.39 is 5.82 Å². The van der Waals surface area contributed by atoms with Crippen molar-refractivity contribution in [3.8, 4) is 0 Å². The smallest absolute Gasteiger partial charge is 0.188 e. The van der Waals surface area contributed by atoms with Gasteiger partial charge in [-0.05, 0) is 12.1 Å². The van der Waals surface area contributed by atoms with Gasteiger partial charge in [-0.15, -0.1) is 6.58 Å². The molecule has 0 bridgehead atoms. The summed E-state index contributed by atoms with van der Waals surface area (Å²) in [5, 5.41) is 0. The van der Waals surface area contributed by atoms with Gasteiger partial charge in [-0.3, -0.25) is 4.79 Å². The Morgan fingerprint density at radius 1 is 1.57 bits per heavy atom. The van der Waals surface area contributed by atoms with Gasteiger partial charge < -0.3 is 4.74 Å². The van der Waals surface area contributed by atoms with E-state index in [1.807, 2.05) is 0 Å². The number of carbonyl (C=O) groups excluding carboxylic acids is 1. The highest BCUT2D eigenvalue weighted by atomic mass is 19.1. The molecule has 0 amide bonds. The molecule has 0 heterocycles. The van der Waals surface area contributed by atoms with Crippen LogP contribution < -0.4 is 0 Å². The fourth-order valence-corrected chi connectivity index (χ4v) is 0.980. The minimum atomic E-state index is -0.417. The molecule has 1 aromatic rings. The van der Waals surface area contributed by atoms with Crippen molar-refractivity contribution in [1.82, 2.24) is 0 Å². The minimum Gasteiger partial charge on any atom is -0.369 e. The van der Waals surface area contributed by atoms with E-state index in [2.05, 4.69) is 6.58 Å². The maximum absolute atomic E-state index is 12.7. The van der Waals surface area contributed by atoms with Gasteiger partial charge in [0, 0.05) is 5.56 Å². The van der Waals surface area contributed by atoms with Crippen LogP contribution in [0.25, 0.3) is 0 Å².